The summed E-state index contributed by atoms with van der Waals surface area (Å²) >= 11 is 3.54. The molecule has 2 aliphatic rings. The fraction of sp³-hybridized carbons (Fsp3) is 0.444. The second-order valence-electron chi connectivity index (χ2n) is 9.97. The third-order valence-corrected chi connectivity index (χ3v) is 7.63. The van der Waals surface area contributed by atoms with E-state index in [4.69, 9.17) is 0 Å². The molecule has 1 atom stereocenters. The Morgan fingerprint density at radius 2 is 1.74 bits per heavy atom. The molecule has 4 rings (SSSR count). The molecule has 7 nitrogen and oxygen atoms in total. The van der Waals surface area contributed by atoms with E-state index in [0.717, 1.165) is 15.7 Å². The molecule has 2 aliphatic heterocycles. The number of halogens is 1. The number of amides is 3. The van der Waals surface area contributed by atoms with E-state index in [1.165, 1.54) is 0 Å². The highest BCUT2D eigenvalue weighted by atomic mass is 79.9. The van der Waals surface area contributed by atoms with Crippen LogP contribution < -0.4 is 10.2 Å². The van der Waals surface area contributed by atoms with Crippen LogP contribution in [0.4, 0.5) is 5.69 Å². The van der Waals surface area contributed by atoms with E-state index in [9.17, 15) is 14.4 Å². The van der Waals surface area contributed by atoms with Crippen molar-refractivity contribution in [3.63, 3.8) is 0 Å². The van der Waals surface area contributed by atoms with E-state index in [2.05, 4.69) is 26.1 Å². The first kappa shape index (κ1) is 25.2. The number of nitrogens with zero attached hydrogens (tertiary/aromatic N) is 3. The maximum absolute atomic E-state index is 13.5. The molecule has 3 amide bonds. The van der Waals surface area contributed by atoms with Crippen molar-refractivity contribution in [1.29, 1.82) is 0 Å². The molecule has 8 heteroatoms. The van der Waals surface area contributed by atoms with Gasteiger partial charge in [0.1, 0.15) is 11.6 Å². The fourth-order valence-corrected chi connectivity index (χ4v) is 5.54. The fourth-order valence-electron chi connectivity index (χ4n) is 5.16. The molecule has 1 unspecified atom stereocenters. The smallest absolute Gasteiger partial charge is 0.251 e. The van der Waals surface area contributed by atoms with E-state index in [-0.39, 0.29) is 23.6 Å². The number of anilines is 1. The standard InChI is InChI=1S/C27H33BrN4O3/c1-18(2)23(29-24(33)20-8-5-7-19(3)15-20)25(34)31-13-11-27(12-14-31)26(35)30(4)17-32(27)22-10-6-9-21(28)16-22/h5-10,15-16,18,23H,11-14,17H2,1-4H3,(H,29,33). The quantitative estimate of drug-likeness (QED) is 0.625. The van der Waals surface area contributed by atoms with E-state index in [0.29, 0.717) is 38.2 Å². The molecule has 2 aromatic rings. The Labute approximate surface area is 215 Å². The molecule has 2 saturated heterocycles. The molecule has 2 aromatic carbocycles. The molecular formula is C27H33BrN4O3. The number of nitrogens with one attached hydrogen (secondary N) is 1. The molecule has 2 heterocycles. The zero-order chi connectivity index (χ0) is 25.3. The summed E-state index contributed by atoms with van der Waals surface area (Å²) in [6.07, 6.45) is 1.09. The lowest BCUT2D eigenvalue weighted by molar-refractivity contribution is -0.139. The lowest BCUT2D eigenvalue weighted by Gasteiger charge is -2.44. The summed E-state index contributed by atoms with van der Waals surface area (Å²) in [7, 11) is 1.83. The Balaban J connectivity index is 1.49. The molecule has 2 fully saturated rings. The Kier molecular flexibility index (Phi) is 7.22. The lowest BCUT2D eigenvalue weighted by Crippen LogP contribution is -2.60. The Hall–Kier alpha value is -2.87. The van der Waals surface area contributed by atoms with Crippen molar-refractivity contribution in [2.24, 2.45) is 5.92 Å². The molecule has 0 aliphatic carbocycles. The number of hydrogen-bond acceptors (Lipinski definition) is 4. The number of carbonyl (C=O) groups is 3. The molecule has 0 aromatic heterocycles. The third kappa shape index (κ3) is 4.94. The summed E-state index contributed by atoms with van der Waals surface area (Å²) in [6.45, 7) is 7.26. The first-order valence-electron chi connectivity index (χ1n) is 12.1. The molecule has 35 heavy (non-hydrogen) atoms. The highest BCUT2D eigenvalue weighted by Crippen LogP contribution is 2.39. The van der Waals surface area contributed by atoms with Crippen LogP contribution in [0.2, 0.25) is 0 Å². The normalized spacial score (nSPS) is 18.3. The van der Waals surface area contributed by atoms with Crippen LogP contribution >= 0.6 is 15.9 Å². The number of likely N-dealkylation sites (N-methyl/N-ethyl adjacent to an activating group) is 1. The summed E-state index contributed by atoms with van der Waals surface area (Å²) in [5.74, 6) is -0.311. The Morgan fingerprint density at radius 1 is 1.06 bits per heavy atom. The monoisotopic (exact) mass is 540 g/mol. The van der Waals surface area contributed by atoms with Crippen LogP contribution in [0.25, 0.3) is 0 Å². The van der Waals surface area contributed by atoms with Crippen LogP contribution in [0, 0.1) is 12.8 Å². The van der Waals surface area contributed by atoms with Gasteiger partial charge in [-0.3, -0.25) is 14.4 Å². The molecule has 0 radical (unpaired) electrons. The van der Waals surface area contributed by atoms with Gasteiger partial charge in [0.15, 0.2) is 0 Å². The number of rotatable bonds is 5. The van der Waals surface area contributed by atoms with Crippen molar-refractivity contribution in [3.8, 4) is 0 Å². The predicted molar refractivity (Wildman–Crippen MR) is 140 cm³/mol. The summed E-state index contributed by atoms with van der Waals surface area (Å²) < 4.78 is 0.962. The minimum atomic E-state index is -0.662. The van der Waals surface area contributed by atoms with Gasteiger partial charge in [-0.15, -0.1) is 0 Å². The number of benzene rings is 2. The van der Waals surface area contributed by atoms with Gasteiger partial charge >= 0.3 is 0 Å². The second kappa shape index (κ2) is 10.0. The molecular weight excluding hydrogens is 508 g/mol. The number of piperidine rings is 1. The Morgan fingerprint density at radius 3 is 2.37 bits per heavy atom. The van der Waals surface area contributed by atoms with Crippen molar-refractivity contribution in [2.75, 3.05) is 31.7 Å². The van der Waals surface area contributed by atoms with Crippen molar-refractivity contribution < 1.29 is 14.4 Å². The van der Waals surface area contributed by atoms with Gasteiger partial charge < -0.3 is 20.0 Å². The molecule has 1 spiro atoms. The molecule has 186 valence electrons. The largest absolute Gasteiger partial charge is 0.341 e. The summed E-state index contributed by atoms with van der Waals surface area (Å²) in [5.41, 5.74) is 1.87. The maximum Gasteiger partial charge on any atom is 0.251 e. The second-order valence-corrected chi connectivity index (χ2v) is 10.9. The van der Waals surface area contributed by atoms with Crippen molar-refractivity contribution in [3.05, 3.63) is 64.1 Å². The topological polar surface area (TPSA) is 73.0 Å². The average Bonchev–Trinajstić information content (AvgIpc) is 3.07. The highest BCUT2D eigenvalue weighted by Gasteiger charge is 2.53. The summed E-state index contributed by atoms with van der Waals surface area (Å²) in [6, 6.07) is 14.7. The number of carbonyl (C=O) groups excluding carboxylic acids is 3. The van der Waals surface area contributed by atoms with Gasteiger partial charge in [-0.05, 0) is 56.0 Å². The van der Waals surface area contributed by atoms with Gasteiger partial charge in [0, 0.05) is 35.9 Å². The van der Waals surface area contributed by atoms with Gasteiger partial charge in [-0.1, -0.05) is 53.5 Å². The zero-order valence-electron chi connectivity index (χ0n) is 20.8. The summed E-state index contributed by atoms with van der Waals surface area (Å²) in [5, 5.41) is 2.95. The zero-order valence-corrected chi connectivity index (χ0v) is 22.3. The Bertz CT molecular complexity index is 1130. The minimum Gasteiger partial charge on any atom is -0.341 e. The van der Waals surface area contributed by atoms with Crippen LogP contribution in [-0.4, -0.2) is 65.9 Å². The van der Waals surface area contributed by atoms with E-state index < -0.39 is 11.6 Å². The summed E-state index contributed by atoms with van der Waals surface area (Å²) in [4.78, 5) is 45.4. The highest BCUT2D eigenvalue weighted by molar-refractivity contribution is 9.10. The van der Waals surface area contributed by atoms with Crippen LogP contribution in [-0.2, 0) is 9.59 Å². The van der Waals surface area contributed by atoms with Gasteiger partial charge in [-0.25, -0.2) is 0 Å². The van der Waals surface area contributed by atoms with Gasteiger partial charge in [0.2, 0.25) is 11.8 Å². The molecule has 1 N–H and O–H groups in total. The number of likely N-dealkylation sites (tertiary alicyclic amines) is 1. The van der Waals surface area contributed by atoms with Gasteiger partial charge in [-0.2, -0.15) is 0 Å². The maximum atomic E-state index is 13.5. The van der Waals surface area contributed by atoms with Crippen LogP contribution in [0.15, 0.2) is 53.0 Å². The third-order valence-electron chi connectivity index (χ3n) is 7.14. The first-order valence-corrected chi connectivity index (χ1v) is 12.9. The average molecular weight is 541 g/mol. The van der Waals surface area contributed by atoms with Crippen LogP contribution in [0.1, 0.15) is 42.6 Å². The van der Waals surface area contributed by atoms with E-state index in [1.54, 1.807) is 15.9 Å². The predicted octanol–water partition coefficient (Wildman–Crippen LogP) is 3.81. The lowest BCUT2D eigenvalue weighted by atomic mass is 9.85. The van der Waals surface area contributed by atoms with Crippen molar-refractivity contribution >= 4 is 39.3 Å². The number of aryl methyl sites for hydroxylation is 1. The van der Waals surface area contributed by atoms with Crippen LogP contribution in [0.5, 0.6) is 0 Å². The van der Waals surface area contributed by atoms with Crippen molar-refractivity contribution in [1.82, 2.24) is 15.1 Å². The van der Waals surface area contributed by atoms with Gasteiger partial charge in [0.05, 0.1) is 6.67 Å². The number of hydrogen-bond donors (Lipinski definition) is 1. The molecule has 0 saturated carbocycles. The van der Waals surface area contributed by atoms with Crippen LogP contribution in [0.3, 0.4) is 0 Å². The van der Waals surface area contributed by atoms with E-state index >= 15 is 0 Å². The van der Waals surface area contributed by atoms with Crippen molar-refractivity contribution in [2.45, 2.75) is 45.2 Å². The van der Waals surface area contributed by atoms with E-state index in [1.807, 2.05) is 70.3 Å². The van der Waals surface area contributed by atoms with Gasteiger partial charge in [0.25, 0.3) is 5.91 Å². The minimum absolute atomic E-state index is 0.0652. The molecule has 0 bridgehead atoms. The first-order chi connectivity index (χ1) is 16.6. The SMILES string of the molecule is Cc1cccc(C(=O)NC(C(=O)N2CCC3(CC2)C(=O)N(C)CN3c2cccc(Br)c2)C(C)C)c1.